The number of aromatic amines is 1. The van der Waals surface area contributed by atoms with Gasteiger partial charge in [0.05, 0.1) is 18.0 Å². The molecule has 0 aliphatic heterocycles. The molecule has 0 saturated heterocycles. The maximum atomic E-state index is 12.3. The summed E-state index contributed by atoms with van der Waals surface area (Å²) in [7, 11) is 0. The third-order valence-corrected chi connectivity index (χ3v) is 4.02. The number of nitrogens with one attached hydrogen (secondary N) is 2. The van der Waals surface area contributed by atoms with Crippen LogP contribution in [0.3, 0.4) is 0 Å². The van der Waals surface area contributed by atoms with Crippen molar-refractivity contribution in [3.8, 4) is 23.1 Å². The lowest BCUT2D eigenvalue weighted by Crippen LogP contribution is -2.16. The Hall–Kier alpha value is -3.63. The summed E-state index contributed by atoms with van der Waals surface area (Å²) in [6.07, 6.45) is 1.51. The highest BCUT2D eigenvalue weighted by molar-refractivity contribution is 6.30. The minimum atomic E-state index is -0.550. The highest BCUT2D eigenvalue weighted by Crippen LogP contribution is 2.23. The predicted molar refractivity (Wildman–Crippen MR) is 113 cm³/mol. The summed E-state index contributed by atoms with van der Waals surface area (Å²) in [6, 6.07) is 16.1. The third-order valence-electron chi connectivity index (χ3n) is 3.79. The van der Waals surface area contributed by atoms with Crippen molar-refractivity contribution in [3.63, 3.8) is 0 Å². The Labute approximate surface area is 172 Å². The second-order valence-electron chi connectivity index (χ2n) is 6.33. The second-order valence-corrected chi connectivity index (χ2v) is 6.77. The highest BCUT2D eigenvalue weighted by atomic mass is 35.5. The molecule has 0 spiro atoms. The number of hydrazone groups is 1. The molecular formula is C21H18ClN5O2. The summed E-state index contributed by atoms with van der Waals surface area (Å²) < 4.78 is 5.74. The number of nitrogens with zero attached hydrogens (tertiary/aromatic N) is 3. The number of halogens is 1. The lowest BCUT2D eigenvalue weighted by molar-refractivity contribution is 0.242. The van der Waals surface area contributed by atoms with Gasteiger partial charge in [-0.1, -0.05) is 41.9 Å². The van der Waals surface area contributed by atoms with Gasteiger partial charge in [0.1, 0.15) is 17.4 Å². The molecule has 3 aromatic rings. The topological polar surface area (TPSA) is 103 Å². The maximum Gasteiger partial charge on any atom is 0.270 e. The summed E-state index contributed by atoms with van der Waals surface area (Å²) in [5.41, 5.74) is 3.68. The average molecular weight is 408 g/mol. The molecule has 0 bridgehead atoms. The fraction of sp³-hybridized carbons (Fsp3) is 0.143. The van der Waals surface area contributed by atoms with Crippen molar-refractivity contribution in [3.05, 3.63) is 75.0 Å². The van der Waals surface area contributed by atoms with Gasteiger partial charge in [0, 0.05) is 16.1 Å². The largest absolute Gasteiger partial charge is 0.490 e. The van der Waals surface area contributed by atoms with Crippen LogP contribution in [0.15, 0.2) is 58.4 Å². The van der Waals surface area contributed by atoms with Gasteiger partial charge in [-0.15, -0.1) is 0 Å². The predicted octanol–water partition coefficient (Wildman–Crippen LogP) is 4.20. The minimum Gasteiger partial charge on any atom is -0.490 e. The molecule has 0 fully saturated rings. The summed E-state index contributed by atoms with van der Waals surface area (Å²) in [5.74, 6) is 0.735. The molecule has 146 valence electrons. The van der Waals surface area contributed by atoms with Crippen molar-refractivity contribution < 1.29 is 4.74 Å². The number of nitriles is 1. The molecule has 7 nitrogen and oxygen atoms in total. The number of rotatable bonds is 6. The average Bonchev–Trinajstić information content (AvgIpc) is 2.70. The summed E-state index contributed by atoms with van der Waals surface area (Å²) in [4.78, 5) is 19.1. The number of hydrogen-bond donors (Lipinski definition) is 2. The second kappa shape index (κ2) is 9.04. The van der Waals surface area contributed by atoms with E-state index in [1.807, 2.05) is 26.0 Å². The number of ether oxygens (including phenoxy) is 1. The zero-order chi connectivity index (χ0) is 20.8. The molecule has 1 aromatic heterocycles. The number of H-pyrrole nitrogens is 1. The van der Waals surface area contributed by atoms with Gasteiger partial charge in [0.15, 0.2) is 0 Å². The van der Waals surface area contributed by atoms with Gasteiger partial charge in [0.2, 0.25) is 5.95 Å². The van der Waals surface area contributed by atoms with E-state index >= 15 is 0 Å². The van der Waals surface area contributed by atoms with E-state index < -0.39 is 5.56 Å². The van der Waals surface area contributed by atoms with Crippen LogP contribution in [-0.2, 0) is 0 Å². The number of aromatic nitrogens is 2. The van der Waals surface area contributed by atoms with Crippen molar-refractivity contribution >= 4 is 23.8 Å². The first-order chi connectivity index (χ1) is 14.0. The standard InChI is InChI=1S/C21H18ClN5O2/c1-13(2)29-18-9-8-16(22)10-15(18)12-24-27-21-25-19(14-6-4-3-5-7-14)17(11-23)20(28)26-21/h3-10,12-13H,1-2H3,(H2,25,26,27,28). The van der Waals surface area contributed by atoms with Crippen molar-refractivity contribution in [2.45, 2.75) is 20.0 Å². The fourth-order valence-corrected chi connectivity index (χ4v) is 2.76. The monoisotopic (exact) mass is 407 g/mol. The van der Waals surface area contributed by atoms with E-state index in [0.717, 1.165) is 0 Å². The molecule has 0 aliphatic carbocycles. The molecule has 3 rings (SSSR count). The van der Waals surface area contributed by atoms with Crippen LogP contribution in [0.2, 0.25) is 5.02 Å². The van der Waals surface area contributed by atoms with Gasteiger partial charge in [-0.05, 0) is 32.0 Å². The Morgan fingerprint density at radius 2 is 2.03 bits per heavy atom. The van der Waals surface area contributed by atoms with Crippen LogP contribution in [-0.4, -0.2) is 22.3 Å². The van der Waals surface area contributed by atoms with Gasteiger partial charge in [-0.25, -0.2) is 10.4 Å². The lowest BCUT2D eigenvalue weighted by atomic mass is 10.1. The molecular weight excluding hydrogens is 390 g/mol. The molecule has 29 heavy (non-hydrogen) atoms. The summed E-state index contributed by atoms with van der Waals surface area (Å²) in [6.45, 7) is 3.84. The van der Waals surface area contributed by atoms with Crippen LogP contribution in [0.5, 0.6) is 5.75 Å². The first-order valence-corrected chi connectivity index (χ1v) is 9.21. The van der Waals surface area contributed by atoms with Gasteiger partial charge in [0.25, 0.3) is 5.56 Å². The summed E-state index contributed by atoms with van der Waals surface area (Å²) >= 11 is 6.06. The zero-order valence-corrected chi connectivity index (χ0v) is 16.6. The first kappa shape index (κ1) is 20.1. The Balaban J connectivity index is 1.91. The van der Waals surface area contributed by atoms with E-state index in [-0.39, 0.29) is 23.3 Å². The number of hydrogen-bond acceptors (Lipinski definition) is 6. The first-order valence-electron chi connectivity index (χ1n) is 8.83. The molecule has 0 atom stereocenters. The normalized spacial score (nSPS) is 10.9. The van der Waals surface area contributed by atoms with Crippen LogP contribution in [0.4, 0.5) is 5.95 Å². The molecule has 2 aromatic carbocycles. The van der Waals surface area contributed by atoms with E-state index in [4.69, 9.17) is 16.3 Å². The zero-order valence-electron chi connectivity index (χ0n) is 15.8. The van der Waals surface area contributed by atoms with Gasteiger partial charge < -0.3 is 4.74 Å². The molecule has 8 heteroatoms. The van der Waals surface area contributed by atoms with Crippen molar-refractivity contribution in [2.75, 3.05) is 5.43 Å². The molecule has 0 amide bonds. The Kier molecular flexibility index (Phi) is 6.27. The highest BCUT2D eigenvalue weighted by Gasteiger charge is 2.13. The van der Waals surface area contributed by atoms with Crippen LogP contribution < -0.4 is 15.7 Å². The SMILES string of the molecule is CC(C)Oc1ccc(Cl)cc1C=NNc1nc(-c2ccccc2)c(C#N)c(=O)[nH]1. The van der Waals surface area contributed by atoms with E-state index in [1.165, 1.54) is 6.21 Å². The minimum absolute atomic E-state index is 0.0127. The van der Waals surface area contributed by atoms with Crippen LogP contribution in [0.1, 0.15) is 25.0 Å². The lowest BCUT2D eigenvalue weighted by Gasteiger charge is -2.12. The number of benzene rings is 2. The van der Waals surface area contributed by atoms with Crippen molar-refractivity contribution in [1.29, 1.82) is 5.26 Å². The van der Waals surface area contributed by atoms with E-state index in [9.17, 15) is 10.1 Å². The van der Waals surface area contributed by atoms with E-state index in [1.54, 1.807) is 42.5 Å². The molecule has 0 unspecified atom stereocenters. The van der Waals surface area contributed by atoms with Gasteiger partial charge in [-0.2, -0.15) is 10.4 Å². The van der Waals surface area contributed by atoms with Crippen molar-refractivity contribution in [1.82, 2.24) is 9.97 Å². The maximum absolute atomic E-state index is 12.3. The van der Waals surface area contributed by atoms with Gasteiger partial charge >= 0.3 is 0 Å². The molecule has 0 aliphatic rings. The van der Waals surface area contributed by atoms with E-state index in [0.29, 0.717) is 21.9 Å². The van der Waals surface area contributed by atoms with Crippen LogP contribution in [0, 0.1) is 11.3 Å². The van der Waals surface area contributed by atoms with Crippen LogP contribution >= 0.6 is 11.6 Å². The molecule has 1 heterocycles. The Morgan fingerprint density at radius 1 is 1.28 bits per heavy atom. The molecule has 2 N–H and O–H groups in total. The quantitative estimate of drug-likeness (QED) is 0.471. The number of anilines is 1. The Morgan fingerprint density at radius 3 is 2.72 bits per heavy atom. The van der Waals surface area contributed by atoms with Crippen LogP contribution in [0.25, 0.3) is 11.3 Å². The van der Waals surface area contributed by atoms with Crippen molar-refractivity contribution in [2.24, 2.45) is 5.10 Å². The third kappa shape index (κ3) is 5.00. The smallest absolute Gasteiger partial charge is 0.270 e. The molecule has 0 saturated carbocycles. The molecule has 0 radical (unpaired) electrons. The summed E-state index contributed by atoms with van der Waals surface area (Å²) in [5, 5.41) is 14.0. The Bertz CT molecular complexity index is 1130. The van der Waals surface area contributed by atoms with Gasteiger partial charge in [-0.3, -0.25) is 9.78 Å². The fourth-order valence-electron chi connectivity index (χ4n) is 2.58. The van der Waals surface area contributed by atoms with E-state index in [2.05, 4.69) is 20.5 Å².